The molecule has 3 rings (SSSR count). The van der Waals surface area contributed by atoms with E-state index in [1.54, 1.807) is 44.4 Å². The molecule has 26 heavy (non-hydrogen) atoms. The SMILES string of the molecule is COc1cccc(NC(=O)c2cncc(C(=O)Nc3cc(C)on3)c2)c1. The van der Waals surface area contributed by atoms with Crippen LogP contribution in [0.1, 0.15) is 26.5 Å². The fourth-order valence-corrected chi connectivity index (χ4v) is 2.21. The third-order valence-corrected chi connectivity index (χ3v) is 3.46. The summed E-state index contributed by atoms with van der Waals surface area (Å²) >= 11 is 0. The second kappa shape index (κ2) is 7.47. The van der Waals surface area contributed by atoms with Crippen LogP contribution in [0.4, 0.5) is 11.5 Å². The van der Waals surface area contributed by atoms with Gasteiger partial charge in [-0.05, 0) is 25.1 Å². The van der Waals surface area contributed by atoms with Crippen molar-refractivity contribution < 1.29 is 18.8 Å². The normalized spacial score (nSPS) is 10.2. The van der Waals surface area contributed by atoms with Gasteiger partial charge in [-0.3, -0.25) is 14.6 Å². The number of amides is 2. The van der Waals surface area contributed by atoms with E-state index in [2.05, 4.69) is 20.8 Å². The van der Waals surface area contributed by atoms with Gasteiger partial charge in [0.05, 0.1) is 18.2 Å². The van der Waals surface area contributed by atoms with Crippen LogP contribution < -0.4 is 15.4 Å². The molecule has 0 fully saturated rings. The molecule has 2 N–H and O–H groups in total. The molecule has 2 amide bonds. The lowest BCUT2D eigenvalue weighted by Crippen LogP contribution is -2.16. The summed E-state index contributed by atoms with van der Waals surface area (Å²) in [6.07, 6.45) is 2.75. The van der Waals surface area contributed by atoms with Crippen LogP contribution in [0.2, 0.25) is 0 Å². The van der Waals surface area contributed by atoms with Crippen molar-refractivity contribution in [2.45, 2.75) is 6.92 Å². The van der Waals surface area contributed by atoms with E-state index in [1.165, 1.54) is 18.5 Å². The standard InChI is InChI=1S/C18H16N4O4/c1-11-6-16(22-26-11)21-18(24)13-7-12(9-19-10-13)17(23)20-14-4-3-5-15(8-14)25-2/h3-10H,1-2H3,(H,20,23)(H,21,22,24). The van der Waals surface area contributed by atoms with E-state index in [-0.39, 0.29) is 11.1 Å². The van der Waals surface area contributed by atoms with Crippen LogP contribution in [0.3, 0.4) is 0 Å². The fourth-order valence-electron chi connectivity index (χ4n) is 2.21. The average Bonchev–Trinajstić information content (AvgIpc) is 3.06. The zero-order valence-electron chi connectivity index (χ0n) is 14.1. The van der Waals surface area contributed by atoms with Crippen LogP contribution in [-0.2, 0) is 0 Å². The van der Waals surface area contributed by atoms with Crippen molar-refractivity contribution in [2.24, 2.45) is 0 Å². The smallest absolute Gasteiger partial charge is 0.258 e. The Bertz CT molecular complexity index is 952. The van der Waals surface area contributed by atoms with Gasteiger partial charge < -0.3 is 19.9 Å². The van der Waals surface area contributed by atoms with Gasteiger partial charge >= 0.3 is 0 Å². The maximum Gasteiger partial charge on any atom is 0.258 e. The minimum Gasteiger partial charge on any atom is -0.497 e. The average molecular weight is 352 g/mol. The van der Waals surface area contributed by atoms with Crippen molar-refractivity contribution in [3.8, 4) is 5.75 Å². The van der Waals surface area contributed by atoms with Crippen molar-refractivity contribution in [3.63, 3.8) is 0 Å². The topological polar surface area (TPSA) is 106 Å². The minimum absolute atomic E-state index is 0.226. The largest absolute Gasteiger partial charge is 0.497 e. The van der Waals surface area contributed by atoms with Gasteiger partial charge in [0.25, 0.3) is 11.8 Å². The number of carbonyl (C=O) groups excluding carboxylic acids is 2. The lowest BCUT2D eigenvalue weighted by Gasteiger charge is -2.08. The molecule has 0 spiro atoms. The van der Waals surface area contributed by atoms with Gasteiger partial charge in [0, 0.05) is 30.2 Å². The Morgan fingerprint density at radius 3 is 2.42 bits per heavy atom. The number of pyridine rings is 1. The summed E-state index contributed by atoms with van der Waals surface area (Å²) in [5.74, 6) is 0.653. The monoisotopic (exact) mass is 352 g/mol. The number of hydrogen-bond acceptors (Lipinski definition) is 6. The predicted octanol–water partition coefficient (Wildman–Crippen LogP) is 2.89. The maximum absolute atomic E-state index is 12.4. The molecular weight excluding hydrogens is 336 g/mol. The van der Waals surface area contributed by atoms with Gasteiger partial charge in [0.15, 0.2) is 5.82 Å². The van der Waals surface area contributed by atoms with Gasteiger partial charge in [-0.25, -0.2) is 0 Å². The highest BCUT2D eigenvalue weighted by molar-refractivity contribution is 6.08. The number of aromatic nitrogens is 2. The van der Waals surface area contributed by atoms with Crippen molar-refractivity contribution >= 4 is 23.3 Å². The molecule has 0 saturated carbocycles. The summed E-state index contributed by atoms with van der Waals surface area (Å²) in [6.45, 7) is 1.72. The summed E-state index contributed by atoms with van der Waals surface area (Å²) in [7, 11) is 1.54. The van der Waals surface area contributed by atoms with Crippen LogP contribution in [-0.4, -0.2) is 29.1 Å². The Morgan fingerprint density at radius 1 is 1.04 bits per heavy atom. The summed E-state index contributed by atoms with van der Waals surface area (Å²) < 4.78 is 10.0. The zero-order valence-corrected chi connectivity index (χ0v) is 14.1. The molecule has 132 valence electrons. The Hall–Kier alpha value is -3.68. The number of anilines is 2. The molecule has 0 unspecified atom stereocenters. The number of nitrogens with one attached hydrogen (secondary N) is 2. The molecule has 0 aliphatic rings. The van der Waals surface area contributed by atoms with Crippen LogP contribution in [0.15, 0.2) is 53.3 Å². The van der Waals surface area contributed by atoms with Crippen LogP contribution >= 0.6 is 0 Å². The summed E-state index contributed by atoms with van der Waals surface area (Å²) in [5.41, 5.74) is 1.04. The number of ether oxygens (including phenoxy) is 1. The number of rotatable bonds is 5. The summed E-state index contributed by atoms with van der Waals surface area (Å²) in [5, 5.41) is 9.00. The number of carbonyl (C=O) groups is 2. The lowest BCUT2D eigenvalue weighted by molar-refractivity contribution is 0.102. The van der Waals surface area contributed by atoms with Crippen LogP contribution in [0, 0.1) is 6.92 Å². The van der Waals surface area contributed by atoms with Crippen molar-refractivity contribution in [3.05, 3.63) is 65.7 Å². The Balaban J connectivity index is 1.73. The Kier molecular flexibility index (Phi) is 4.93. The van der Waals surface area contributed by atoms with E-state index in [0.717, 1.165) is 0 Å². The molecule has 2 heterocycles. The van der Waals surface area contributed by atoms with Crippen LogP contribution in [0.25, 0.3) is 0 Å². The lowest BCUT2D eigenvalue weighted by atomic mass is 10.2. The number of nitrogens with zero attached hydrogens (tertiary/aromatic N) is 2. The third kappa shape index (κ3) is 4.04. The Morgan fingerprint density at radius 2 is 1.77 bits per heavy atom. The van der Waals surface area contributed by atoms with E-state index < -0.39 is 11.8 Å². The van der Waals surface area contributed by atoms with Gasteiger partial charge in [-0.15, -0.1) is 0 Å². The first kappa shape index (κ1) is 17.2. The van der Waals surface area contributed by atoms with Gasteiger partial charge in [-0.2, -0.15) is 0 Å². The highest BCUT2D eigenvalue weighted by Gasteiger charge is 2.13. The molecule has 1 aromatic carbocycles. The van der Waals surface area contributed by atoms with Gasteiger partial charge in [0.2, 0.25) is 0 Å². The molecule has 8 nitrogen and oxygen atoms in total. The molecule has 0 bridgehead atoms. The van der Waals surface area contributed by atoms with E-state index in [0.29, 0.717) is 23.0 Å². The number of methoxy groups -OCH3 is 1. The molecule has 3 aromatic rings. The second-order valence-corrected chi connectivity index (χ2v) is 5.43. The highest BCUT2D eigenvalue weighted by Crippen LogP contribution is 2.18. The number of hydrogen-bond donors (Lipinski definition) is 2. The second-order valence-electron chi connectivity index (χ2n) is 5.43. The first-order valence-electron chi connectivity index (χ1n) is 7.70. The molecule has 0 atom stereocenters. The molecule has 2 aromatic heterocycles. The van der Waals surface area contributed by atoms with Gasteiger partial charge in [-0.1, -0.05) is 11.2 Å². The fraction of sp³-hybridized carbons (Fsp3) is 0.111. The van der Waals surface area contributed by atoms with Crippen LogP contribution in [0.5, 0.6) is 5.75 Å². The van der Waals surface area contributed by atoms with Crippen molar-refractivity contribution in [1.82, 2.24) is 10.1 Å². The van der Waals surface area contributed by atoms with Crippen molar-refractivity contribution in [1.29, 1.82) is 0 Å². The maximum atomic E-state index is 12.4. The number of aryl methyl sites for hydroxylation is 1. The minimum atomic E-state index is -0.443. The quantitative estimate of drug-likeness (QED) is 0.731. The molecule has 8 heteroatoms. The van der Waals surface area contributed by atoms with E-state index in [9.17, 15) is 9.59 Å². The first-order valence-corrected chi connectivity index (χ1v) is 7.70. The molecule has 0 saturated heterocycles. The van der Waals surface area contributed by atoms with E-state index in [1.807, 2.05) is 0 Å². The molecule has 0 radical (unpaired) electrons. The zero-order chi connectivity index (χ0) is 18.5. The first-order chi connectivity index (χ1) is 12.5. The van der Waals surface area contributed by atoms with E-state index >= 15 is 0 Å². The Labute approximate surface area is 149 Å². The number of benzene rings is 1. The molecule has 0 aliphatic heterocycles. The highest BCUT2D eigenvalue weighted by atomic mass is 16.5. The molecule has 0 aliphatic carbocycles. The predicted molar refractivity (Wildman–Crippen MR) is 94.4 cm³/mol. The molecular formula is C18H16N4O4. The third-order valence-electron chi connectivity index (χ3n) is 3.46. The summed E-state index contributed by atoms with van der Waals surface area (Å²) in [6, 6.07) is 9.99. The van der Waals surface area contributed by atoms with E-state index in [4.69, 9.17) is 9.26 Å². The summed E-state index contributed by atoms with van der Waals surface area (Å²) in [4.78, 5) is 28.6. The van der Waals surface area contributed by atoms with Gasteiger partial charge in [0.1, 0.15) is 11.5 Å². The van der Waals surface area contributed by atoms with Crippen molar-refractivity contribution in [2.75, 3.05) is 17.7 Å².